The minimum absolute atomic E-state index is 0.161. The third-order valence-electron chi connectivity index (χ3n) is 2.37. The predicted molar refractivity (Wildman–Crippen MR) is 76.3 cm³/mol. The molecule has 1 unspecified atom stereocenters. The molecule has 0 saturated heterocycles. The lowest BCUT2D eigenvalue weighted by atomic mass is 10.2. The summed E-state index contributed by atoms with van der Waals surface area (Å²) >= 11 is 1.48. The molecule has 0 aliphatic heterocycles. The normalized spacial score (nSPS) is 11.7. The van der Waals surface area contributed by atoms with E-state index in [0.29, 0.717) is 12.2 Å². The van der Waals surface area contributed by atoms with Crippen molar-refractivity contribution in [3.8, 4) is 11.5 Å². The van der Waals surface area contributed by atoms with Gasteiger partial charge in [-0.1, -0.05) is 0 Å². The van der Waals surface area contributed by atoms with Crippen molar-refractivity contribution in [2.45, 2.75) is 12.5 Å². The van der Waals surface area contributed by atoms with E-state index < -0.39 is 18.0 Å². The van der Waals surface area contributed by atoms with Crippen LogP contribution in [0.5, 0.6) is 11.5 Å². The molecule has 110 valence electrons. The van der Waals surface area contributed by atoms with Gasteiger partial charge in [-0.3, -0.25) is 0 Å². The van der Waals surface area contributed by atoms with Crippen LogP contribution in [0.15, 0.2) is 18.2 Å². The smallest absolute Gasteiger partial charge is 0.326 e. The Morgan fingerprint density at radius 1 is 1.25 bits per heavy atom. The number of benzene rings is 1. The van der Waals surface area contributed by atoms with Crippen molar-refractivity contribution >= 4 is 29.4 Å². The molecule has 0 fully saturated rings. The number of urea groups is 1. The summed E-state index contributed by atoms with van der Waals surface area (Å²) in [6, 6.07) is 1.87. The second-order valence-electron chi connectivity index (χ2n) is 4.01. The zero-order valence-corrected chi connectivity index (χ0v) is 11.6. The monoisotopic (exact) mass is 300 g/mol. The van der Waals surface area contributed by atoms with Gasteiger partial charge < -0.3 is 26.0 Å². The summed E-state index contributed by atoms with van der Waals surface area (Å²) in [6.45, 7) is 0. The van der Waals surface area contributed by atoms with Crippen LogP contribution in [0.25, 0.3) is 0 Å². The first-order chi connectivity index (χ1) is 9.42. The number of carboxylic acid groups (broad SMARTS) is 1. The van der Waals surface area contributed by atoms with Crippen LogP contribution in [-0.2, 0) is 4.79 Å². The maximum Gasteiger partial charge on any atom is 0.326 e. The lowest BCUT2D eigenvalue weighted by Crippen LogP contribution is -2.43. The average Bonchev–Trinajstić information content (AvgIpc) is 2.32. The number of nitrogens with one attached hydrogen (secondary N) is 2. The van der Waals surface area contributed by atoms with E-state index in [9.17, 15) is 19.8 Å². The van der Waals surface area contributed by atoms with Crippen molar-refractivity contribution in [3.63, 3.8) is 0 Å². The standard InChI is InChI=1S/C12H16N2O5S/c1-20-3-2-10(11(17)18)14-12(19)13-7-4-8(15)6-9(16)5-7/h4-6,10,15-16H,2-3H2,1H3,(H,17,18)(H2,13,14,19). The number of carbonyl (C=O) groups is 2. The molecule has 0 aromatic heterocycles. The third kappa shape index (κ3) is 5.27. The van der Waals surface area contributed by atoms with Gasteiger partial charge in [-0.25, -0.2) is 9.59 Å². The molecule has 1 aromatic carbocycles. The molecule has 0 aliphatic rings. The van der Waals surface area contributed by atoms with Crippen LogP contribution in [0.1, 0.15) is 6.42 Å². The highest BCUT2D eigenvalue weighted by Gasteiger charge is 2.19. The van der Waals surface area contributed by atoms with Gasteiger partial charge in [0.05, 0.1) is 0 Å². The molecule has 20 heavy (non-hydrogen) atoms. The highest BCUT2D eigenvalue weighted by molar-refractivity contribution is 7.98. The van der Waals surface area contributed by atoms with Crippen LogP contribution in [0.4, 0.5) is 10.5 Å². The van der Waals surface area contributed by atoms with Gasteiger partial charge in [0, 0.05) is 23.9 Å². The zero-order valence-electron chi connectivity index (χ0n) is 10.8. The van der Waals surface area contributed by atoms with Crippen LogP contribution < -0.4 is 10.6 Å². The molecule has 0 saturated carbocycles. The molecule has 0 radical (unpaired) electrons. The lowest BCUT2D eigenvalue weighted by molar-refractivity contribution is -0.139. The fraction of sp³-hybridized carbons (Fsp3) is 0.333. The summed E-state index contributed by atoms with van der Waals surface area (Å²) in [6.07, 6.45) is 2.14. The molecule has 0 spiro atoms. The van der Waals surface area contributed by atoms with E-state index in [-0.39, 0.29) is 17.2 Å². The number of anilines is 1. The van der Waals surface area contributed by atoms with Crippen LogP contribution in [0, 0.1) is 0 Å². The summed E-state index contributed by atoms with van der Waals surface area (Å²) in [5.74, 6) is -0.938. The topological polar surface area (TPSA) is 119 Å². The Balaban J connectivity index is 2.63. The number of rotatable bonds is 6. The number of hydrogen-bond donors (Lipinski definition) is 5. The number of aliphatic carboxylic acids is 1. The largest absolute Gasteiger partial charge is 0.508 e. The molecule has 1 atom stereocenters. The van der Waals surface area contributed by atoms with E-state index in [4.69, 9.17) is 5.11 Å². The fourth-order valence-electron chi connectivity index (χ4n) is 1.49. The summed E-state index contributed by atoms with van der Waals surface area (Å²) in [4.78, 5) is 22.6. The minimum atomic E-state index is -1.12. The van der Waals surface area contributed by atoms with Crippen LogP contribution in [-0.4, -0.2) is 45.4 Å². The Kier molecular flexibility index (Phi) is 5.98. The predicted octanol–water partition coefficient (Wildman–Crippen LogP) is 1.43. The van der Waals surface area contributed by atoms with Crippen molar-refractivity contribution < 1.29 is 24.9 Å². The number of phenols is 2. The van der Waals surface area contributed by atoms with E-state index >= 15 is 0 Å². The molecule has 5 N–H and O–H groups in total. The first-order valence-corrected chi connectivity index (χ1v) is 7.14. The number of hydrogen-bond acceptors (Lipinski definition) is 5. The van der Waals surface area contributed by atoms with E-state index in [1.165, 1.54) is 23.9 Å². The van der Waals surface area contributed by atoms with Gasteiger partial charge >= 0.3 is 12.0 Å². The molecular weight excluding hydrogens is 284 g/mol. The Bertz CT molecular complexity index is 474. The number of carboxylic acids is 1. The molecule has 2 amide bonds. The average molecular weight is 300 g/mol. The highest BCUT2D eigenvalue weighted by atomic mass is 32.2. The zero-order chi connectivity index (χ0) is 15.1. The van der Waals surface area contributed by atoms with Crippen LogP contribution in [0.2, 0.25) is 0 Å². The SMILES string of the molecule is CSCCC(NC(=O)Nc1cc(O)cc(O)c1)C(=O)O. The fourth-order valence-corrected chi connectivity index (χ4v) is 1.96. The molecule has 1 rings (SSSR count). The van der Waals surface area contributed by atoms with Crippen molar-refractivity contribution in [1.29, 1.82) is 0 Å². The van der Waals surface area contributed by atoms with Crippen LogP contribution in [0.3, 0.4) is 0 Å². The summed E-state index contributed by atoms with van der Waals surface area (Å²) in [7, 11) is 0. The quantitative estimate of drug-likeness (QED) is 0.542. The van der Waals surface area contributed by atoms with Crippen molar-refractivity contribution in [2.75, 3.05) is 17.3 Å². The molecule has 0 bridgehead atoms. The minimum Gasteiger partial charge on any atom is -0.508 e. The Morgan fingerprint density at radius 3 is 2.35 bits per heavy atom. The Morgan fingerprint density at radius 2 is 1.85 bits per heavy atom. The van der Waals surface area contributed by atoms with Gasteiger partial charge in [-0.2, -0.15) is 11.8 Å². The molecule has 1 aromatic rings. The maximum absolute atomic E-state index is 11.7. The molecule has 8 heteroatoms. The van der Waals surface area contributed by atoms with Crippen molar-refractivity contribution in [1.82, 2.24) is 5.32 Å². The first-order valence-electron chi connectivity index (χ1n) is 5.74. The van der Waals surface area contributed by atoms with E-state index in [0.717, 1.165) is 6.07 Å². The molecular formula is C12H16N2O5S. The van der Waals surface area contributed by atoms with E-state index in [2.05, 4.69) is 10.6 Å². The lowest BCUT2D eigenvalue weighted by Gasteiger charge is -2.14. The summed E-state index contributed by atoms with van der Waals surface area (Å²) in [5, 5.41) is 32.2. The number of thioether (sulfide) groups is 1. The number of phenolic OH excluding ortho intramolecular Hbond substituents is 2. The third-order valence-corrected chi connectivity index (χ3v) is 3.02. The second kappa shape index (κ2) is 7.49. The van der Waals surface area contributed by atoms with E-state index in [1.807, 2.05) is 6.26 Å². The molecule has 0 heterocycles. The summed E-state index contributed by atoms with van der Waals surface area (Å²) in [5.41, 5.74) is 0.161. The molecule has 7 nitrogen and oxygen atoms in total. The van der Waals surface area contributed by atoms with Gasteiger partial charge in [-0.15, -0.1) is 0 Å². The number of carbonyl (C=O) groups excluding carboxylic acids is 1. The highest BCUT2D eigenvalue weighted by Crippen LogP contribution is 2.23. The maximum atomic E-state index is 11.7. The van der Waals surface area contributed by atoms with Crippen molar-refractivity contribution in [3.05, 3.63) is 18.2 Å². The summed E-state index contributed by atoms with van der Waals surface area (Å²) < 4.78 is 0. The Labute approximate surface area is 120 Å². The molecule has 0 aliphatic carbocycles. The van der Waals surface area contributed by atoms with Gasteiger partial charge in [0.2, 0.25) is 0 Å². The Hall–Kier alpha value is -2.09. The van der Waals surface area contributed by atoms with Gasteiger partial charge in [0.15, 0.2) is 0 Å². The number of aromatic hydroxyl groups is 2. The van der Waals surface area contributed by atoms with E-state index in [1.54, 1.807) is 0 Å². The second-order valence-corrected chi connectivity index (χ2v) is 4.99. The van der Waals surface area contributed by atoms with Gasteiger partial charge in [-0.05, 0) is 18.4 Å². The van der Waals surface area contributed by atoms with Gasteiger partial charge in [0.1, 0.15) is 17.5 Å². The first kappa shape index (κ1) is 16.0. The van der Waals surface area contributed by atoms with Gasteiger partial charge in [0.25, 0.3) is 0 Å². The van der Waals surface area contributed by atoms with Crippen molar-refractivity contribution in [2.24, 2.45) is 0 Å². The number of amides is 2. The van der Waals surface area contributed by atoms with Crippen LogP contribution >= 0.6 is 11.8 Å².